The van der Waals surface area contributed by atoms with Gasteiger partial charge in [-0.3, -0.25) is 0 Å². The maximum absolute atomic E-state index is 5.95. The van der Waals surface area contributed by atoms with Gasteiger partial charge in [-0.2, -0.15) is 0 Å². The lowest BCUT2D eigenvalue weighted by Gasteiger charge is -2.19. The third-order valence-electron chi connectivity index (χ3n) is 3.28. The molecule has 1 heterocycles. The molecule has 1 aliphatic rings. The molecule has 4 heteroatoms. The Morgan fingerprint density at radius 2 is 2.31 bits per heavy atom. The minimum absolute atomic E-state index is 0.483. The van der Waals surface area contributed by atoms with Gasteiger partial charge in [0.25, 0.3) is 0 Å². The second kappa shape index (κ2) is 5.48. The van der Waals surface area contributed by atoms with Crippen LogP contribution < -0.4 is 5.32 Å². The van der Waals surface area contributed by atoms with Gasteiger partial charge >= 0.3 is 0 Å². The minimum Gasteiger partial charge on any atom is -0.367 e. The Bertz CT molecular complexity index is 343. The Balaban J connectivity index is 2.02. The molecule has 1 N–H and O–H groups in total. The van der Waals surface area contributed by atoms with Crippen molar-refractivity contribution in [2.24, 2.45) is 5.92 Å². The molecule has 1 saturated carbocycles. The number of hydrogen-bond donors (Lipinski definition) is 1. The molecule has 1 aliphatic carbocycles. The predicted molar refractivity (Wildman–Crippen MR) is 66.9 cm³/mol. The molecule has 2 atom stereocenters. The summed E-state index contributed by atoms with van der Waals surface area (Å²) in [6.07, 6.45) is 6.27. The maximum atomic E-state index is 5.95. The van der Waals surface area contributed by atoms with Gasteiger partial charge in [0, 0.05) is 23.7 Å². The molecule has 2 rings (SSSR count). The van der Waals surface area contributed by atoms with Crippen molar-refractivity contribution in [1.82, 2.24) is 9.97 Å². The second-order valence-electron chi connectivity index (χ2n) is 4.34. The van der Waals surface area contributed by atoms with E-state index in [0.29, 0.717) is 12.0 Å². The van der Waals surface area contributed by atoms with E-state index in [0.717, 1.165) is 23.8 Å². The van der Waals surface area contributed by atoms with Crippen LogP contribution >= 0.6 is 11.6 Å². The molecular formula is C12H18ClN3. The van der Waals surface area contributed by atoms with Gasteiger partial charge in [0.05, 0.1) is 0 Å². The first-order chi connectivity index (χ1) is 7.83. The summed E-state index contributed by atoms with van der Waals surface area (Å²) in [4.78, 5) is 8.45. The molecule has 1 aromatic heterocycles. The van der Waals surface area contributed by atoms with Crippen molar-refractivity contribution in [2.75, 3.05) is 11.2 Å². The number of halogens is 1. The highest BCUT2D eigenvalue weighted by Crippen LogP contribution is 2.28. The molecule has 0 spiro atoms. The average molecular weight is 240 g/mol. The number of aromatic nitrogens is 2. The summed E-state index contributed by atoms with van der Waals surface area (Å²) < 4.78 is 0. The molecule has 1 aromatic rings. The van der Waals surface area contributed by atoms with Crippen LogP contribution in [0.1, 0.15) is 31.9 Å². The van der Waals surface area contributed by atoms with Crippen LogP contribution in [0.25, 0.3) is 0 Å². The lowest BCUT2D eigenvalue weighted by Crippen LogP contribution is -2.25. The number of aryl methyl sites for hydroxylation is 1. The van der Waals surface area contributed by atoms with E-state index in [9.17, 15) is 0 Å². The van der Waals surface area contributed by atoms with Gasteiger partial charge < -0.3 is 5.32 Å². The Labute approximate surface area is 102 Å². The lowest BCUT2D eigenvalue weighted by atomic mass is 10.1. The molecule has 0 amide bonds. The Kier molecular flexibility index (Phi) is 3.99. The van der Waals surface area contributed by atoms with Crippen molar-refractivity contribution in [1.29, 1.82) is 0 Å². The molecular weight excluding hydrogens is 222 g/mol. The highest BCUT2D eigenvalue weighted by molar-refractivity contribution is 6.18. The zero-order valence-corrected chi connectivity index (χ0v) is 10.4. The largest absolute Gasteiger partial charge is 0.367 e. The summed E-state index contributed by atoms with van der Waals surface area (Å²) >= 11 is 5.95. The summed E-state index contributed by atoms with van der Waals surface area (Å²) in [5.41, 5.74) is 1.08. The van der Waals surface area contributed by atoms with Crippen LogP contribution in [0.5, 0.6) is 0 Å². The monoisotopic (exact) mass is 239 g/mol. The molecule has 0 saturated heterocycles. The SMILES string of the molecule is CCc1cc(NC2CCCC2CCl)ncn1. The van der Waals surface area contributed by atoms with Crippen molar-refractivity contribution >= 4 is 17.4 Å². The van der Waals surface area contributed by atoms with E-state index in [-0.39, 0.29) is 0 Å². The molecule has 88 valence electrons. The van der Waals surface area contributed by atoms with Crippen molar-refractivity contribution in [3.63, 3.8) is 0 Å². The first-order valence-corrected chi connectivity index (χ1v) is 6.50. The fourth-order valence-corrected chi connectivity index (χ4v) is 2.64. The van der Waals surface area contributed by atoms with Crippen LogP contribution in [0.2, 0.25) is 0 Å². The summed E-state index contributed by atoms with van der Waals surface area (Å²) in [7, 11) is 0. The summed E-state index contributed by atoms with van der Waals surface area (Å²) in [5, 5.41) is 3.48. The Hall–Kier alpha value is -0.830. The molecule has 0 radical (unpaired) electrons. The zero-order valence-electron chi connectivity index (χ0n) is 9.62. The number of nitrogens with one attached hydrogen (secondary N) is 1. The fourth-order valence-electron chi connectivity index (χ4n) is 2.27. The number of rotatable bonds is 4. The molecule has 0 aromatic carbocycles. The Morgan fingerprint density at radius 3 is 3.06 bits per heavy atom. The van der Waals surface area contributed by atoms with E-state index >= 15 is 0 Å². The van der Waals surface area contributed by atoms with E-state index in [2.05, 4.69) is 22.2 Å². The van der Waals surface area contributed by atoms with E-state index in [4.69, 9.17) is 11.6 Å². The third kappa shape index (κ3) is 2.64. The van der Waals surface area contributed by atoms with Crippen molar-refractivity contribution in [3.05, 3.63) is 18.1 Å². The first kappa shape index (κ1) is 11.6. The first-order valence-electron chi connectivity index (χ1n) is 5.97. The van der Waals surface area contributed by atoms with Gasteiger partial charge in [0.15, 0.2) is 0 Å². The lowest BCUT2D eigenvalue weighted by molar-refractivity contribution is 0.561. The number of alkyl halides is 1. The van der Waals surface area contributed by atoms with E-state index < -0.39 is 0 Å². The summed E-state index contributed by atoms with van der Waals surface area (Å²) in [6.45, 7) is 2.10. The van der Waals surface area contributed by atoms with Crippen LogP contribution in [-0.2, 0) is 6.42 Å². The Morgan fingerprint density at radius 1 is 1.44 bits per heavy atom. The van der Waals surface area contributed by atoms with Crippen molar-refractivity contribution < 1.29 is 0 Å². The fraction of sp³-hybridized carbons (Fsp3) is 0.667. The van der Waals surface area contributed by atoms with Gasteiger partial charge in [-0.25, -0.2) is 9.97 Å². The van der Waals surface area contributed by atoms with Crippen molar-refractivity contribution in [3.8, 4) is 0 Å². The molecule has 16 heavy (non-hydrogen) atoms. The minimum atomic E-state index is 0.483. The van der Waals surface area contributed by atoms with Crippen LogP contribution in [0, 0.1) is 5.92 Å². The quantitative estimate of drug-likeness (QED) is 0.822. The van der Waals surface area contributed by atoms with Crippen molar-refractivity contribution in [2.45, 2.75) is 38.6 Å². The highest BCUT2D eigenvalue weighted by atomic mass is 35.5. The number of nitrogens with zero attached hydrogens (tertiary/aromatic N) is 2. The molecule has 3 nitrogen and oxygen atoms in total. The van der Waals surface area contributed by atoms with E-state index in [1.807, 2.05) is 6.07 Å². The molecule has 1 fully saturated rings. The van der Waals surface area contributed by atoms with Gasteiger partial charge in [0.2, 0.25) is 0 Å². The zero-order chi connectivity index (χ0) is 11.4. The molecule has 0 aliphatic heterocycles. The average Bonchev–Trinajstić information content (AvgIpc) is 2.76. The topological polar surface area (TPSA) is 37.8 Å². The predicted octanol–water partition coefficient (Wildman–Crippen LogP) is 2.86. The van der Waals surface area contributed by atoms with Gasteiger partial charge in [-0.15, -0.1) is 11.6 Å². The highest BCUT2D eigenvalue weighted by Gasteiger charge is 2.26. The summed E-state index contributed by atoms with van der Waals surface area (Å²) in [6, 6.07) is 2.51. The van der Waals surface area contributed by atoms with Gasteiger partial charge in [-0.05, 0) is 25.2 Å². The smallest absolute Gasteiger partial charge is 0.129 e. The van der Waals surface area contributed by atoms with E-state index in [1.165, 1.54) is 19.3 Å². The van der Waals surface area contributed by atoms with Gasteiger partial charge in [-0.1, -0.05) is 13.3 Å². The van der Waals surface area contributed by atoms with Gasteiger partial charge in [0.1, 0.15) is 12.1 Å². The van der Waals surface area contributed by atoms with Crippen LogP contribution in [0.15, 0.2) is 12.4 Å². The normalized spacial score (nSPS) is 24.6. The molecule has 2 unspecified atom stereocenters. The number of hydrogen-bond acceptors (Lipinski definition) is 3. The summed E-state index contributed by atoms with van der Waals surface area (Å²) in [5.74, 6) is 2.26. The molecule has 0 bridgehead atoms. The maximum Gasteiger partial charge on any atom is 0.129 e. The second-order valence-corrected chi connectivity index (χ2v) is 4.65. The van der Waals surface area contributed by atoms with E-state index in [1.54, 1.807) is 6.33 Å². The number of anilines is 1. The van der Waals surface area contributed by atoms with Crippen LogP contribution in [0.3, 0.4) is 0 Å². The van der Waals surface area contributed by atoms with Crippen LogP contribution in [-0.4, -0.2) is 21.9 Å². The van der Waals surface area contributed by atoms with Crippen LogP contribution in [0.4, 0.5) is 5.82 Å². The third-order valence-corrected chi connectivity index (χ3v) is 3.67. The standard InChI is InChI=1S/C12H18ClN3/c1-2-10-6-12(15-8-14-10)16-11-5-3-4-9(11)7-13/h6,8-9,11H,2-5,7H2,1H3,(H,14,15,16).